The van der Waals surface area contributed by atoms with E-state index in [-0.39, 0.29) is 42.3 Å². The van der Waals surface area contributed by atoms with Gasteiger partial charge in [0.05, 0.1) is 37.7 Å². The molecule has 0 unspecified atom stereocenters. The number of hydrogen-bond acceptors (Lipinski definition) is 7. The molecule has 0 aromatic carbocycles. The lowest BCUT2D eigenvalue weighted by atomic mass is 9.69. The quantitative estimate of drug-likeness (QED) is 0.371. The lowest BCUT2D eigenvalue weighted by molar-refractivity contribution is -0.140. The number of hydrogen-bond donors (Lipinski definition) is 1. The second-order valence-electron chi connectivity index (χ2n) is 9.76. The van der Waals surface area contributed by atoms with Gasteiger partial charge in [0.15, 0.2) is 0 Å². The van der Waals surface area contributed by atoms with E-state index in [4.69, 9.17) is 13.9 Å². The number of methoxy groups -OCH3 is 1. The SMILES string of the molecule is CC/C(=C\c1ccc(CO)o1)CC[C@H]1OC[C@H]2C1=C(COC)C[C@H]1C(=O)N(Cc3cccs3)C(=O)[C@H]12. The molecule has 4 heterocycles. The van der Waals surface area contributed by atoms with Crippen molar-refractivity contribution in [3.05, 3.63) is 62.8 Å². The Morgan fingerprint density at radius 2 is 2.11 bits per heavy atom. The number of carbonyl (C=O) groups is 2. The molecule has 7 nitrogen and oxygen atoms in total. The van der Waals surface area contributed by atoms with Crippen LogP contribution in [0.5, 0.6) is 0 Å². The number of likely N-dealkylation sites (tertiary alicyclic amines) is 1. The van der Waals surface area contributed by atoms with Crippen LogP contribution in [0.2, 0.25) is 0 Å². The molecule has 2 saturated heterocycles. The van der Waals surface area contributed by atoms with E-state index in [1.54, 1.807) is 24.5 Å². The molecule has 0 saturated carbocycles. The molecule has 2 aliphatic heterocycles. The summed E-state index contributed by atoms with van der Waals surface area (Å²) in [5, 5.41) is 11.2. The van der Waals surface area contributed by atoms with Gasteiger partial charge in [-0.15, -0.1) is 11.3 Å². The molecule has 5 rings (SSSR count). The molecule has 2 fully saturated rings. The van der Waals surface area contributed by atoms with Crippen LogP contribution in [-0.4, -0.2) is 48.2 Å². The molecule has 4 atom stereocenters. The van der Waals surface area contributed by atoms with E-state index >= 15 is 0 Å². The first-order valence-electron chi connectivity index (χ1n) is 12.6. The summed E-state index contributed by atoms with van der Waals surface area (Å²) in [5.74, 6) is 0.411. The molecular formula is C28H33NO6S. The molecular weight excluding hydrogens is 478 g/mol. The molecule has 0 bridgehead atoms. The average Bonchev–Trinajstić information content (AvgIpc) is 3.68. The largest absolute Gasteiger partial charge is 0.459 e. The van der Waals surface area contributed by atoms with Gasteiger partial charge in [-0.05, 0) is 66.5 Å². The summed E-state index contributed by atoms with van der Waals surface area (Å²) in [6.07, 6.45) is 5.01. The zero-order valence-electron chi connectivity index (χ0n) is 20.8. The van der Waals surface area contributed by atoms with E-state index in [9.17, 15) is 14.7 Å². The summed E-state index contributed by atoms with van der Waals surface area (Å²) in [7, 11) is 1.67. The van der Waals surface area contributed by atoms with Crippen molar-refractivity contribution in [3.8, 4) is 0 Å². The molecule has 0 spiro atoms. The van der Waals surface area contributed by atoms with Crippen LogP contribution >= 0.6 is 11.3 Å². The maximum Gasteiger partial charge on any atom is 0.234 e. The Hall–Kier alpha value is -2.52. The lowest BCUT2D eigenvalue weighted by Gasteiger charge is -2.31. The molecule has 8 heteroatoms. The first-order chi connectivity index (χ1) is 17.5. The molecule has 1 N–H and O–H groups in total. The average molecular weight is 512 g/mol. The van der Waals surface area contributed by atoms with Crippen LogP contribution in [0.3, 0.4) is 0 Å². The minimum atomic E-state index is -0.348. The van der Waals surface area contributed by atoms with E-state index in [1.165, 1.54) is 16.0 Å². The first-order valence-corrected chi connectivity index (χ1v) is 13.5. The van der Waals surface area contributed by atoms with Crippen LogP contribution in [0.1, 0.15) is 49.0 Å². The van der Waals surface area contributed by atoms with E-state index < -0.39 is 0 Å². The van der Waals surface area contributed by atoms with Gasteiger partial charge in [0, 0.05) is 17.9 Å². The number of ether oxygens (including phenoxy) is 2. The number of thiophene rings is 1. The van der Waals surface area contributed by atoms with Crippen LogP contribution in [0.4, 0.5) is 0 Å². The Kier molecular flexibility index (Phi) is 7.57. The number of furan rings is 1. The molecule has 3 aliphatic rings. The van der Waals surface area contributed by atoms with Gasteiger partial charge in [0.2, 0.25) is 11.8 Å². The number of carbonyl (C=O) groups excluding carboxylic acids is 2. The number of imide groups is 1. The topological polar surface area (TPSA) is 89.2 Å². The van der Waals surface area contributed by atoms with Crippen molar-refractivity contribution < 1.29 is 28.6 Å². The van der Waals surface area contributed by atoms with Crippen LogP contribution in [0.15, 0.2) is 50.8 Å². The predicted molar refractivity (Wildman–Crippen MR) is 136 cm³/mol. The molecule has 2 aromatic heterocycles. The Bertz CT molecular complexity index is 1160. The van der Waals surface area contributed by atoms with E-state index in [1.807, 2.05) is 29.7 Å². The highest BCUT2D eigenvalue weighted by molar-refractivity contribution is 7.09. The summed E-state index contributed by atoms with van der Waals surface area (Å²) in [5.41, 5.74) is 3.52. The standard InChI is InChI=1S/C28H33NO6S/c1-3-17(11-19-7-8-20(14-30)35-19)6-9-24-25-18(15-33-2)12-22-26(23(25)16-34-24)28(32)29(27(22)31)13-21-5-4-10-36-21/h4-5,7-8,10-11,22-24,26,30H,3,6,9,12-16H2,1-2H3/b17-11+/t22-,23+,24-,26-/m1/s1. The maximum atomic E-state index is 13.5. The molecule has 2 aromatic rings. The van der Waals surface area contributed by atoms with Crippen molar-refractivity contribution in [3.63, 3.8) is 0 Å². The zero-order valence-corrected chi connectivity index (χ0v) is 21.6. The second kappa shape index (κ2) is 10.8. The van der Waals surface area contributed by atoms with E-state index in [2.05, 4.69) is 6.92 Å². The normalized spacial score (nSPS) is 26.2. The summed E-state index contributed by atoms with van der Waals surface area (Å²) in [6, 6.07) is 7.56. The van der Waals surface area contributed by atoms with Crippen molar-refractivity contribution >= 4 is 29.2 Å². The number of aliphatic hydroxyl groups is 1. The highest BCUT2D eigenvalue weighted by Crippen LogP contribution is 2.50. The summed E-state index contributed by atoms with van der Waals surface area (Å²) in [6.45, 7) is 3.27. The molecule has 192 valence electrons. The molecule has 0 radical (unpaired) electrons. The van der Waals surface area contributed by atoms with Crippen molar-refractivity contribution in [2.45, 2.75) is 51.9 Å². The van der Waals surface area contributed by atoms with Gasteiger partial charge in [0.1, 0.15) is 18.1 Å². The summed E-state index contributed by atoms with van der Waals surface area (Å²) in [4.78, 5) is 29.3. The second-order valence-corrected chi connectivity index (χ2v) is 10.8. The minimum absolute atomic E-state index is 0.0618. The monoisotopic (exact) mass is 511 g/mol. The third-order valence-electron chi connectivity index (χ3n) is 7.68. The van der Waals surface area contributed by atoms with Gasteiger partial charge in [-0.3, -0.25) is 14.5 Å². The smallest absolute Gasteiger partial charge is 0.234 e. The molecule has 1 aliphatic carbocycles. The van der Waals surface area contributed by atoms with Crippen LogP contribution < -0.4 is 0 Å². The van der Waals surface area contributed by atoms with Gasteiger partial charge in [0.25, 0.3) is 0 Å². The van der Waals surface area contributed by atoms with E-state index in [0.29, 0.717) is 31.9 Å². The van der Waals surface area contributed by atoms with Crippen molar-refractivity contribution in [1.82, 2.24) is 4.90 Å². The molecule has 36 heavy (non-hydrogen) atoms. The lowest BCUT2D eigenvalue weighted by Crippen LogP contribution is -2.35. The summed E-state index contributed by atoms with van der Waals surface area (Å²) < 4.78 is 17.5. The fraction of sp³-hybridized carbons (Fsp3) is 0.500. The van der Waals surface area contributed by atoms with Crippen molar-refractivity contribution in [1.29, 1.82) is 0 Å². The van der Waals surface area contributed by atoms with Gasteiger partial charge >= 0.3 is 0 Å². The highest BCUT2D eigenvalue weighted by Gasteiger charge is 2.56. The Morgan fingerprint density at radius 1 is 1.25 bits per heavy atom. The van der Waals surface area contributed by atoms with Gasteiger partial charge in [-0.1, -0.05) is 18.6 Å². The van der Waals surface area contributed by atoms with Crippen molar-refractivity contribution in [2.75, 3.05) is 20.3 Å². The van der Waals surface area contributed by atoms with Crippen molar-refractivity contribution in [2.24, 2.45) is 17.8 Å². The minimum Gasteiger partial charge on any atom is -0.459 e. The number of fused-ring (bicyclic) bond motifs is 3. The summed E-state index contributed by atoms with van der Waals surface area (Å²) >= 11 is 1.56. The fourth-order valence-electron chi connectivity index (χ4n) is 5.98. The van der Waals surface area contributed by atoms with Gasteiger partial charge < -0.3 is 19.0 Å². The van der Waals surface area contributed by atoms with E-state index in [0.717, 1.165) is 35.5 Å². The van der Waals surface area contributed by atoms with Crippen LogP contribution in [-0.2, 0) is 32.2 Å². The number of rotatable bonds is 10. The zero-order chi connectivity index (χ0) is 25.2. The van der Waals surface area contributed by atoms with Gasteiger partial charge in [-0.2, -0.15) is 0 Å². The van der Waals surface area contributed by atoms with Crippen LogP contribution in [0.25, 0.3) is 6.08 Å². The maximum absolute atomic E-state index is 13.5. The highest BCUT2D eigenvalue weighted by atomic mass is 32.1. The number of aliphatic hydroxyl groups excluding tert-OH is 1. The Morgan fingerprint density at radius 3 is 2.81 bits per heavy atom. The van der Waals surface area contributed by atoms with Gasteiger partial charge in [-0.25, -0.2) is 0 Å². The Balaban J connectivity index is 1.34. The third-order valence-corrected chi connectivity index (χ3v) is 8.54. The molecule has 2 amide bonds. The third kappa shape index (κ3) is 4.75. The first kappa shape index (κ1) is 25.1. The number of allylic oxidation sites excluding steroid dienone is 1. The fourth-order valence-corrected chi connectivity index (χ4v) is 6.68. The predicted octanol–water partition coefficient (Wildman–Crippen LogP) is 4.57. The number of amides is 2. The van der Waals surface area contributed by atoms with Crippen LogP contribution in [0, 0.1) is 17.8 Å². The Labute approximate surface area is 215 Å². The number of nitrogens with zero attached hydrogens (tertiary/aromatic N) is 1.